The number of rotatable bonds is 2. The molecule has 2 rings (SSSR count). The summed E-state index contributed by atoms with van der Waals surface area (Å²) in [4.78, 5) is 11.6. The third kappa shape index (κ3) is 1.93. The van der Waals surface area contributed by atoms with Crippen molar-refractivity contribution < 1.29 is 18.3 Å². The van der Waals surface area contributed by atoms with Crippen LogP contribution in [0.5, 0.6) is 0 Å². The number of hydrogen-bond acceptors (Lipinski definition) is 3. The van der Waals surface area contributed by atoms with Crippen LogP contribution in [-0.2, 0) is 9.53 Å². The molecule has 0 radical (unpaired) electrons. The van der Waals surface area contributed by atoms with Gasteiger partial charge in [-0.15, -0.1) is 0 Å². The molecule has 1 saturated carbocycles. The van der Waals surface area contributed by atoms with Gasteiger partial charge in [-0.05, 0) is 19.8 Å². The largest absolute Gasteiger partial charge is 0.466 e. The molecule has 0 aromatic carbocycles. The Labute approximate surface area is 93.5 Å². The van der Waals surface area contributed by atoms with E-state index in [9.17, 15) is 13.6 Å². The zero-order chi connectivity index (χ0) is 11.8. The quantitative estimate of drug-likeness (QED) is 0.733. The molecule has 0 spiro atoms. The maximum absolute atomic E-state index is 13.7. The van der Waals surface area contributed by atoms with Gasteiger partial charge < -0.3 is 10.1 Å². The number of fused-ring (bicyclic) bond motifs is 2. The number of ether oxygens (including phenoxy) is 1. The molecular formula is C11H17F2NO2. The van der Waals surface area contributed by atoms with E-state index in [1.165, 1.54) is 0 Å². The van der Waals surface area contributed by atoms with Crippen LogP contribution in [0.2, 0.25) is 0 Å². The molecule has 2 bridgehead atoms. The van der Waals surface area contributed by atoms with Crippen molar-refractivity contribution in [1.82, 2.24) is 5.32 Å². The maximum Gasteiger partial charge on any atom is 0.308 e. The molecule has 1 unspecified atom stereocenters. The van der Waals surface area contributed by atoms with Crippen LogP contribution in [-0.4, -0.2) is 31.6 Å². The smallest absolute Gasteiger partial charge is 0.308 e. The van der Waals surface area contributed by atoms with E-state index < -0.39 is 17.8 Å². The molecule has 0 aromatic rings. The first kappa shape index (κ1) is 11.8. The highest BCUT2D eigenvalue weighted by molar-refractivity contribution is 5.72. The van der Waals surface area contributed by atoms with Crippen LogP contribution in [0.4, 0.5) is 8.78 Å². The second-order valence-electron chi connectivity index (χ2n) is 4.65. The Kier molecular flexibility index (Phi) is 3.15. The topological polar surface area (TPSA) is 38.3 Å². The molecule has 1 heterocycles. The number of nitrogens with one attached hydrogen (secondary N) is 1. The van der Waals surface area contributed by atoms with Crippen molar-refractivity contribution in [3.8, 4) is 0 Å². The highest BCUT2D eigenvalue weighted by Gasteiger charge is 2.55. The van der Waals surface area contributed by atoms with Gasteiger partial charge in [-0.25, -0.2) is 8.78 Å². The average Bonchev–Trinajstić information content (AvgIpc) is 2.15. The van der Waals surface area contributed by atoms with Crippen molar-refractivity contribution in [2.45, 2.75) is 25.7 Å². The minimum absolute atomic E-state index is 0.245. The lowest BCUT2D eigenvalue weighted by Gasteiger charge is -2.44. The predicted octanol–water partition coefficient (Wildman–Crippen LogP) is 1.43. The number of carbonyl (C=O) groups excluding carboxylic acids is 1. The number of halogens is 2. The average molecular weight is 233 g/mol. The third-order valence-electron chi connectivity index (χ3n) is 3.63. The van der Waals surface area contributed by atoms with Gasteiger partial charge in [0, 0.05) is 24.9 Å². The number of hydrogen-bond donors (Lipinski definition) is 1. The van der Waals surface area contributed by atoms with Gasteiger partial charge in [0.2, 0.25) is 0 Å². The molecule has 2 aliphatic rings. The van der Waals surface area contributed by atoms with Crippen LogP contribution in [0.25, 0.3) is 0 Å². The fourth-order valence-corrected chi connectivity index (χ4v) is 2.75. The molecule has 1 N–H and O–H groups in total. The summed E-state index contributed by atoms with van der Waals surface area (Å²) < 4.78 is 32.4. The van der Waals surface area contributed by atoms with E-state index in [0.717, 1.165) is 0 Å². The van der Waals surface area contributed by atoms with Crippen LogP contribution in [0, 0.1) is 17.8 Å². The summed E-state index contributed by atoms with van der Waals surface area (Å²) in [7, 11) is 0. The lowest BCUT2D eigenvalue weighted by atomic mass is 9.70. The molecule has 0 amide bonds. The van der Waals surface area contributed by atoms with E-state index in [4.69, 9.17) is 4.74 Å². The van der Waals surface area contributed by atoms with Crippen molar-refractivity contribution in [1.29, 1.82) is 0 Å². The summed E-state index contributed by atoms with van der Waals surface area (Å²) in [5, 5.41) is 3.00. The highest BCUT2D eigenvalue weighted by atomic mass is 19.3. The molecule has 92 valence electrons. The lowest BCUT2D eigenvalue weighted by Crippen LogP contribution is -2.56. The molecule has 3 atom stereocenters. The second-order valence-corrected chi connectivity index (χ2v) is 4.65. The number of carbonyl (C=O) groups is 1. The van der Waals surface area contributed by atoms with Crippen LogP contribution in [0.3, 0.4) is 0 Å². The predicted molar refractivity (Wildman–Crippen MR) is 54.2 cm³/mol. The molecule has 2 fully saturated rings. The Morgan fingerprint density at radius 2 is 1.94 bits per heavy atom. The normalized spacial score (nSPS) is 36.8. The second kappa shape index (κ2) is 4.28. The van der Waals surface area contributed by atoms with Crippen LogP contribution in [0.15, 0.2) is 0 Å². The first-order valence-electron chi connectivity index (χ1n) is 5.80. The molecule has 3 nitrogen and oxygen atoms in total. The Bertz CT molecular complexity index is 267. The van der Waals surface area contributed by atoms with Gasteiger partial charge >= 0.3 is 5.97 Å². The van der Waals surface area contributed by atoms with E-state index in [-0.39, 0.29) is 24.7 Å². The lowest BCUT2D eigenvalue weighted by molar-refractivity contribution is -0.174. The van der Waals surface area contributed by atoms with Crippen molar-refractivity contribution in [3.05, 3.63) is 0 Å². The zero-order valence-electron chi connectivity index (χ0n) is 9.34. The first-order chi connectivity index (χ1) is 7.55. The van der Waals surface area contributed by atoms with Crippen molar-refractivity contribution in [2.75, 3.05) is 19.7 Å². The summed E-state index contributed by atoms with van der Waals surface area (Å²) in [6.07, 6.45) is 0.491. The van der Waals surface area contributed by atoms with E-state index in [1.54, 1.807) is 6.92 Å². The minimum Gasteiger partial charge on any atom is -0.466 e. The van der Waals surface area contributed by atoms with E-state index >= 15 is 0 Å². The molecule has 0 aromatic heterocycles. The molecule has 1 aliphatic heterocycles. The summed E-state index contributed by atoms with van der Waals surface area (Å²) in [5.41, 5.74) is 0. The van der Waals surface area contributed by atoms with Crippen LogP contribution < -0.4 is 5.32 Å². The van der Waals surface area contributed by atoms with E-state index in [0.29, 0.717) is 19.7 Å². The first-order valence-corrected chi connectivity index (χ1v) is 5.80. The third-order valence-corrected chi connectivity index (χ3v) is 3.63. The highest BCUT2D eigenvalue weighted by Crippen LogP contribution is 2.46. The van der Waals surface area contributed by atoms with Gasteiger partial charge in [0.15, 0.2) is 0 Å². The van der Waals surface area contributed by atoms with Crippen molar-refractivity contribution in [3.63, 3.8) is 0 Å². The number of esters is 1. The Hall–Kier alpha value is -0.710. The standard InChI is InChI=1S/C11H17F2NO2/c1-2-16-10(15)7-3-8-5-14-6-9(4-7)11(8,12)13/h7-9,14H,2-6H2,1H3/t7?,8-,9+. The van der Waals surface area contributed by atoms with Crippen molar-refractivity contribution in [2.24, 2.45) is 17.8 Å². The zero-order valence-corrected chi connectivity index (χ0v) is 9.34. The van der Waals surface area contributed by atoms with Gasteiger partial charge in [0.05, 0.1) is 12.5 Å². The van der Waals surface area contributed by atoms with Gasteiger partial charge in [-0.2, -0.15) is 0 Å². The Morgan fingerprint density at radius 3 is 2.44 bits per heavy atom. The number of alkyl halides is 2. The van der Waals surface area contributed by atoms with Gasteiger partial charge in [-0.1, -0.05) is 0 Å². The van der Waals surface area contributed by atoms with Gasteiger partial charge in [-0.3, -0.25) is 4.79 Å². The molecule has 1 aliphatic carbocycles. The fourth-order valence-electron chi connectivity index (χ4n) is 2.75. The molecule has 1 saturated heterocycles. The fraction of sp³-hybridized carbons (Fsp3) is 0.909. The summed E-state index contributed by atoms with van der Waals surface area (Å²) >= 11 is 0. The van der Waals surface area contributed by atoms with Gasteiger partial charge in [0.1, 0.15) is 0 Å². The maximum atomic E-state index is 13.7. The monoisotopic (exact) mass is 233 g/mol. The van der Waals surface area contributed by atoms with Gasteiger partial charge in [0.25, 0.3) is 5.92 Å². The molecular weight excluding hydrogens is 216 g/mol. The number of piperidine rings is 1. The Balaban J connectivity index is 2.06. The summed E-state index contributed by atoms with van der Waals surface area (Å²) in [5.74, 6) is -4.69. The Morgan fingerprint density at radius 1 is 1.38 bits per heavy atom. The minimum atomic E-state index is -2.62. The SMILES string of the molecule is CCOC(=O)C1C[C@H]2CNC[C@@H](C1)C2(F)F. The summed E-state index contributed by atoms with van der Waals surface area (Å²) in [6.45, 7) is 2.66. The molecule has 5 heteroatoms. The summed E-state index contributed by atoms with van der Waals surface area (Å²) in [6, 6.07) is 0. The van der Waals surface area contributed by atoms with Crippen molar-refractivity contribution >= 4 is 5.97 Å². The van der Waals surface area contributed by atoms with E-state index in [1.807, 2.05) is 0 Å². The van der Waals surface area contributed by atoms with Crippen LogP contribution in [0.1, 0.15) is 19.8 Å². The van der Waals surface area contributed by atoms with E-state index in [2.05, 4.69) is 5.32 Å². The molecule has 16 heavy (non-hydrogen) atoms. The van der Waals surface area contributed by atoms with Crippen LogP contribution >= 0.6 is 0 Å².